The molecule has 0 saturated heterocycles. The Balaban J connectivity index is 0.00000161. The van der Waals surface area contributed by atoms with E-state index in [4.69, 9.17) is 20.6 Å². The zero-order valence-corrected chi connectivity index (χ0v) is 24.2. The zero-order valence-electron chi connectivity index (χ0n) is 23.3. The molecule has 13 heteroatoms. The Bertz CT molecular complexity index is 1280. The number of nitrogens with zero attached hydrogens (tertiary/aromatic N) is 3. The van der Waals surface area contributed by atoms with Gasteiger partial charge in [0.05, 0.1) is 30.3 Å². The molecule has 0 spiro atoms. The maximum atomic E-state index is 13.4. The van der Waals surface area contributed by atoms with Crippen molar-refractivity contribution in [2.24, 2.45) is 16.8 Å². The summed E-state index contributed by atoms with van der Waals surface area (Å²) in [6.07, 6.45) is -0.659. The average molecular weight is 578 g/mol. The van der Waals surface area contributed by atoms with E-state index in [1.54, 1.807) is 0 Å². The largest absolute Gasteiger partial charge is 0.494 e. The normalized spacial score (nSPS) is 15.9. The summed E-state index contributed by atoms with van der Waals surface area (Å²) in [7, 11) is 1.35. The first-order chi connectivity index (χ1) is 19.2. The predicted molar refractivity (Wildman–Crippen MR) is 155 cm³/mol. The monoisotopic (exact) mass is 577 g/mol. The molecule has 40 heavy (non-hydrogen) atoms. The molecule has 1 saturated carbocycles. The summed E-state index contributed by atoms with van der Waals surface area (Å²) in [5, 5.41) is 15.0. The maximum absolute atomic E-state index is 13.4. The fourth-order valence-electron chi connectivity index (χ4n) is 3.19. The van der Waals surface area contributed by atoms with Gasteiger partial charge in [-0.3, -0.25) is 26.3 Å². The topological polar surface area (TPSA) is 148 Å². The molecule has 1 aliphatic carbocycles. The Morgan fingerprint density at radius 1 is 1.27 bits per heavy atom. The van der Waals surface area contributed by atoms with Crippen molar-refractivity contribution in [1.82, 2.24) is 20.7 Å². The number of ether oxygens (including phenoxy) is 2. The second-order valence-corrected chi connectivity index (χ2v) is 8.99. The number of hydrogen-bond acceptors (Lipinski definition) is 10. The van der Waals surface area contributed by atoms with Crippen LogP contribution >= 0.6 is 11.8 Å². The van der Waals surface area contributed by atoms with Crippen LogP contribution in [0.4, 0.5) is 8.78 Å². The van der Waals surface area contributed by atoms with Crippen LogP contribution < -0.4 is 21.2 Å². The second-order valence-electron chi connectivity index (χ2n) is 7.90. The standard InChI is InChI=1S/C23H23F2N7O3S.2C2H6.H2/c1-11(26)35-21(27)15-7-6-13(19(29-15)14-9-16(20(24)25)28-10-17(14)34-2)22(33)30-23-32-31-18(36-23)8-5-12-3-4-12;2*1-2;/h6-7,9-10,12,20-21,23,26,32H,3-4,27H2,1-2H3,(H,30,33);2*1-2H3;1H. The summed E-state index contributed by atoms with van der Waals surface area (Å²) in [5.74, 6) is 5.95. The smallest absolute Gasteiger partial charge is 0.280 e. The van der Waals surface area contributed by atoms with E-state index >= 15 is 0 Å². The summed E-state index contributed by atoms with van der Waals surface area (Å²) >= 11 is 1.25. The van der Waals surface area contributed by atoms with Crippen molar-refractivity contribution in [3.05, 3.63) is 41.3 Å². The minimum absolute atomic E-state index is 0. The summed E-state index contributed by atoms with van der Waals surface area (Å²) in [5.41, 5.74) is 8.10. The average Bonchev–Trinajstić information content (AvgIpc) is 3.70. The van der Waals surface area contributed by atoms with Gasteiger partial charge in [-0.15, -0.1) is 0 Å². The summed E-state index contributed by atoms with van der Waals surface area (Å²) in [4.78, 5) is 21.4. The number of halogens is 2. The Morgan fingerprint density at radius 3 is 2.58 bits per heavy atom. The molecule has 1 fully saturated rings. The third-order valence-corrected chi connectivity index (χ3v) is 5.95. The number of nitrogens with one attached hydrogen (secondary N) is 3. The highest BCUT2D eigenvalue weighted by atomic mass is 32.2. The molecule has 0 radical (unpaired) electrons. The molecule has 3 heterocycles. The Hall–Kier alpha value is -3.76. The number of alkyl halides is 2. The number of hydrogen-bond donors (Lipinski definition) is 4. The van der Waals surface area contributed by atoms with Gasteiger partial charge in [0, 0.05) is 19.8 Å². The van der Waals surface area contributed by atoms with Gasteiger partial charge in [0.1, 0.15) is 11.4 Å². The molecule has 5 N–H and O–H groups in total. The lowest BCUT2D eigenvalue weighted by atomic mass is 10.0. The second kappa shape index (κ2) is 15.7. The van der Waals surface area contributed by atoms with E-state index in [0.717, 1.165) is 25.1 Å². The van der Waals surface area contributed by atoms with Gasteiger partial charge in [-0.2, -0.15) is 5.10 Å². The van der Waals surface area contributed by atoms with Crippen molar-refractivity contribution >= 4 is 28.6 Å². The highest BCUT2D eigenvalue weighted by Gasteiger charge is 2.26. The van der Waals surface area contributed by atoms with E-state index in [9.17, 15) is 13.6 Å². The van der Waals surface area contributed by atoms with Crippen molar-refractivity contribution in [2.45, 2.75) is 65.6 Å². The van der Waals surface area contributed by atoms with Crippen LogP contribution in [0.5, 0.6) is 5.75 Å². The van der Waals surface area contributed by atoms with Crippen molar-refractivity contribution in [2.75, 3.05) is 7.11 Å². The van der Waals surface area contributed by atoms with Gasteiger partial charge in [-0.05, 0) is 48.7 Å². The van der Waals surface area contributed by atoms with Crippen molar-refractivity contribution in [3.63, 3.8) is 0 Å². The lowest BCUT2D eigenvalue weighted by Gasteiger charge is -2.18. The van der Waals surface area contributed by atoms with Crippen molar-refractivity contribution in [3.8, 4) is 28.8 Å². The van der Waals surface area contributed by atoms with Gasteiger partial charge in [-0.25, -0.2) is 13.8 Å². The summed E-state index contributed by atoms with van der Waals surface area (Å²) in [6.45, 7) is 9.40. The van der Waals surface area contributed by atoms with E-state index in [0.29, 0.717) is 11.0 Å². The Morgan fingerprint density at radius 2 is 1.98 bits per heavy atom. The van der Waals surface area contributed by atoms with Crippen LogP contribution in [0.15, 0.2) is 29.5 Å². The van der Waals surface area contributed by atoms with Gasteiger partial charge < -0.3 is 14.8 Å². The zero-order chi connectivity index (χ0) is 29.8. The van der Waals surface area contributed by atoms with Crippen molar-refractivity contribution in [1.29, 1.82) is 5.41 Å². The lowest BCUT2D eigenvalue weighted by molar-refractivity contribution is 0.0946. The molecule has 0 aromatic carbocycles. The predicted octanol–water partition coefficient (Wildman–Crippen LogP) is 5.44. The van der Waals surface area contributed by atoms with Gasteiger partial charge in [0.25, 0.3) is 12.3 Å². The molecule has 218 valence electrons. The van der Waals surface area contributed by atoms with Crippen LogP contribution in [0.3, 0.4) is 0 Å². The van der Waals surface area contributed by atoms with Crippen LogP contribution in [-0.4, -0.2) is 39.4 Å². The molecule has 2 aromatic heterocycles. The minimum Gasteiger partial charge on any atom is -0.494 e. The number of rotatable bonds is 7. The SMILES string of the molecule is CC.CC.COc1cnc(C(F)F)cc1-c1nc(C(N)OC(C)=N)ccc1C(=O)NC1NN=C(C#CC2CC2)S1.[HH]. The fourth-order valence-corrected chi connectivity index (χ4v) is 3.91. The van der Waals surface area contributed by atoms with Gasteiger partial charge >= 0.3 is 0 Å². The molecule has 0 bridgehead atoms. The molecule has 1 aliphatic heterocycles. The Labute approximate surface area is 238 Å². The van der Waals surface area contributed by atoms with E-state index in [-0.39, 0.29) is 35.6 Å². The van der Waals surface area contributed by atoms with E-state index < -0.39 is 29.8 Å². The van der Waals surface area contributed by atoms with Gasteiger partial charge in [0.15, 0.2) is 22.7 Å². The van der Waals surface area contributed by atoms with Crippen LogP contribution in [-0.2, 0) is 4.74 Å². The van der Waals surface area contributed by atoms with Crippen molar-refractivity contribution < 1.29 is 24.5 Å². The fraction of sp³-hybridized carbons (Fsp3) is 0.444. The molecule has 2 aliphatic rings. The maximum Gasteiger partial charge on any atom is 0.280 e. The van der Waals surface area contributed by atoms with E-state index in [1.807, 2.05) is 27.7 Å². The number of pyridine rings is 2. The quantitative estimate of drug-likeness (QED) is 0.147. The number of thioether (sulfide) groups is 1. The van der Waals surface area contributed by atoms with E-state index in [1.165, 1.54) is 37.9 Å². The molecular weight excluding hydrogens is 540 g/mol. The summed E-state index contributed by atoms with van der Waals surface area (Å²) < 4.78 is 37.4. The van der Waals surface area contributed by atoms with Crippen LogP contribution in [0.25, 0.3) is 11.3 Å². The molecule has 1 amide bonds. The third kappa shape index (κ3) is 8.89. The lowest BCUT2D eigenvalue weighted by Crippen LogP contribution is -2.39. The number of methoxy groups -OCH3 is 1. The van der Waals surface area contributed by atoms with Crippen LogP contribution in [0.1, 0.15) is 83.3 Å². The molecule has 4 rings (SSSR count). The first-order valence-corrected chi connectivity index (χ1v) is 13.8. The molecular formula is C27H37F2N7O3S. The van der Waals surface area contributed by atoms with Crippen LogP contribution in [0, 0.1) is 23.2 Å². The first-order valence-electron chi connectivity index (χ1n) is 12.9. The highest BCUT2D eigenvalue weighted by molar-refractivity contribution is 8.15. The molecule has 2 atom stereocenters. The number of amides is 1. The molecule has 10 nitrogen and oxygen atoms in total. The molecule has 2 aromatic rings. The number of carbonyl (C=O) groups is 1. The minimum atomic E-state index is -2.85. The third-order valence-electron chi connectivity index (χ3n) is 5.08. The number of aromatic nitrogens is 2. The van der Waals surface area contributed by atoms with Gasteiger partial charge in [0.2, 0.25) is 0 Å². The van der Waals surface area contributed by atoms with E-state index in [2.05, 4.69) is 37.7 Å². The first kappa shape index (κ1) is 32.5. The number of nitrogens with two attached hydrogens (primary N) is 1. The highest BCUT2D eigenvalue weighted by Crippen LogP contribution is 2.34. The van der Waals surface area contributed by atoms with Crippen LogP contribution in [0.2, 0.25) is 0 Å². The number of carbonyl (C=O) groups excluding carboxylic acids is 1. The Kier molecular flexibility index (Phi) is 12.8. The number of hydrazone groups is 1. The summed E-state index contributed by atoms with van der Waals surface area (Å²) in [6, 6.07) is 4.02. The molecule has 2 unspecified atom stereocenters. The van der Waals surface area contributed by atoms with Gasteiger partial charge in [-0.1, -0.05) is 33.6 Å².